The summed E-state index contributed by atoms with van der Waals surface area (Å²) < 4.78 is 0. The number of benzene rings is 2. The van der Waals surface area contributed by atoms with Crippen molar-refractivity contribution in [1.29, 1.82) is 0 Å². The number of nitrogens with one attached hydrogen (secondary N) is 1. The smallest absolute Gasteiger partial charge is 0.0456 e. The van der Waals surface area contributed by atoms with Crippen molar-refractivity contribution in [2.45, 2.75) is 26.7 Å². The van der Waals surface area contributed by atoms with Crippen LogP contribution in [-0.4, -0.2) is 4.98 Å². The van der Waals surface area contributed by atoms with Crippen LogP contribution in [-0.2, 0) is 0 Å². The molecule has 1 heterocycles. The first-order valence-corrected chi connectivity index (χ1v) is 6.83. The molecule has 1 heteroatoms. The molecule has 0 radical (unpaired) electrons. The largest absolute Gasteiger partial charge is 0.361 e. The van der Waals surface area contributed by atoms with Gasteiger partial charge in [0.15, 0.2) is 0 Å². The third kappa shape index (κ3) is 2.17. The Labute approximate surface area is 114 Å². The third-order valence-corrected chi connectivity index (χ3v) is 3.79. The van der Waals surface area contributed by atoms with Gasteiger partial charge in [-0.15, -0.1) is 0 Å². The van der Waals surface area contributed by atoms with E-state index in [1.54, 1.807) is 0 Å². The second-order valence-electron chi connectivity index (χ2n) is 5.51. The summed E-state index contributed by atoms with van der Waals surface area (Å²) in [5.74, 6) is 0.585. The van der Waals surface area contributed by atoms with Crippen molar-refractivity contribution >= 4 is 10.9 Å². The lowest BCUT2D eigenvalue weighted by atomic mass is 9.95. The van der Waals surface area contributed by atoms with Crippen molar-refractivity contribution in [2.75, 3.05) is 0 Å². The number of aryl methyl sites for hydroxylation is 1. The summed E-state index contributed by atoms with van der Waals surface area (Å²) >= 11 is 0. The van der Waals surface area contributed by atoms with Crippen LogP contribution in [0.15, 0.2) is 48.7 Å². The predicted molar refractivity (Wildman–Crippen MR) is 82.6 cm³/mol. The molecule has 19 heavy (non-hydrogen) atoms. The molecule has 0 bridgehead atoms. The Balaban J connectivity index is 2.09. The number of fused-ring (bicyclic) bond motifs is 1. The van der Waals surface area contributed by atoms with Gasteiger partial charge in [0.25, 0.3) is 0 Å². The molecule has 0 fully saturated rings. The molecule has 3 aromatic rings. The number of H-pyrrole nitrogens is 1. The Morgan fingerprint density at radius 1 is 0.947 bits per heavy atom. The van der Waals surface area contributed by atoms with Crippen LogP contribution in [0.25, 0.3) is 22.0 Å². The van der Waals surface area contributed by atoms with Gasteiger partial charge in [-0.1, -0.05) is 38.1 Å². The van der Waals surface area contributed by atoms with Gasteiger partial charge in [0, 0.05) is 11.7 Å². The highest BCUT2D eigenvalue weighted by molar-refractivity contribution is 5.86. The summed E-state index contributed by atoms with van der Waals surface area (Å²) in [5.41, 5.74) is 6.53. The zero-order valence-electron chi connectivity index (χ0n) is 11.7. The van der Waals surface area contributed by atoms with Gasteiger partial charge in [-0.25, -0.2) is 0 Å². The van der Waals surface area contributed by atoms with Crippen molar-refractivity contribution < 1.29 is 0 Å². The molecule has 0 saturated carbocycles. The van der Waals surface area contributed by atoms with E-state index in [1.807, 2.05) is 6.20 Å². The molecule has 2 aromatic carbocycles. The van der Waals surface area contributed by atoms with E-state index >= 15 is 0 Å². The lowest BCUT2D eigenvalue weighted by Gasteiger charge is -2.09. The van der Waals surface area contributed by atoms with Gasteiger partial charge in [-0.3, -0.25) is 0 Å². The highest BCUT2D eigenvalue weighted by Crippen LogP contribution is 2.29. The fourth-order valence-corrected chi connectivity index (χ4v) is 2.57. The van der Waals surface area contributed by atoms with Gasteiger partial charge < -0.3 is 4.98 Å². The zero-order chi connectivity index (χ0) is 13.4. The zero-order valence-corrected chi connectivity index (χ0v) is 11.7. The normalized spacial score (nSPS) is 11.4. The van der Waals surface area contributed by atoms with Crippen molar-refractivity contribution in [3.05, 3.63) is 59.8 Å². The number of rotatable bonds is 2. The van der Waals surface area contributed by atoms with E-state index in [2.05, 4.69) is 68.2 Å². The molecule has 0 amide bonds. The van der Waals surface area contributed by atoms with Crippen LogP contribution in [0.3, 0.4) is 0 Å². The van der Waals surface area contributed by atoms with Gasteiger partial charge in [0.2, 0.25) is 0 Å². The van der Waals surface area contributed by atoms with Gasteiger partial charge in [0.05, 0.1) is 0 Å². The van der Waals surface area contributed by atoms with Gasteiger partial charge in [-0.2, -0.15) is 0 Å². The lowest BCUT2D eigenvalue weighted by molar-refractivity contribution is 0.867. The van der Waals surface area contributed by atoms with Gasteiger partial charge in [0.1, 0.15) is 0 Å². The van der Waals surface area contributed by atoms with E-state index in [-0.39, 0.29) is 0 Å². The van der Waals surface area contributed by atoms with E-state index in [9.17, 15) is 0 Å². The van der Waals surface area contributed by atoms with Crippen molar-refractivity contribution in [2.24, 2.45) is 0 Å². The van der Waals surface area contributed by atoms with Crippen LogP contribution in [0.4, 0.5) is 0 Å². The fourth-order valence-electron chi connectivity index (χ4n) is 2.57. The van der Waals surface area contributed by atoms with E-state index in [4.69, 9.17) is 0 Å². The Hall–Kier alpha value is -2.02. The molecular formula is C18H19N. The second-order valence-corrected chi connectivity index (χ2v) is 5.51. The van der Waals surface area contributed by atoms with Gasteiger partial charge >= 0.3 is 0 Å². The summed E-state index contributed by atoms with van der Waals surface area (Å²) in [6.07, 6.45) is 2.00. The van der Waals surface area contributed by atoms with Crippen LogP contribution in [0, 0.1) is 6.92 Å². The fraction of sp³-hybridized carbons (Fsp3) is 0.222. The minimum absolute atomic E-state index is 0.585. The minimum Gasteiger partial charge on any atom is -0.361 e. The Kier molecular flexibility index (Phi) is 2.90. The van der Waals surface area contributed by atoms with Crippen LogP contribution < -0.4 is 0 Å². The summed E-state index contributed by atoms with van der Waals surface area (Å²) in [6, 6.07) is 15.6. The molecule has 0 aliphatic heterocycles. The number of hydrogen-bond donors (Lipinski definition) is 1. The summed E-state index contributed by atoms with van der Waals surface area (Å²) in [4.78, 5) is 3.26. The highest BCUT2D eigenvalue weighted by Gasteiger charge is 2.06. The number of hydrogen-bond acceptors (Lipinski definition) is 0. The summed E-state index contributed by atoms with van der Waals surface area (Å²) in [5, 5.41) is 1.27. The van der Waals surface area contributed by atoms with Gasteiger partial charge in [-0.05, 0) is 58.7 Å². The Bertz CT molecular complexity index is 702. The Morgan fingerprint density at radius 3 is 2.37 bits per heavy atom. The topological polar surface area (TPSA) is 15.8 Å². The molecule has 0 atom stereocenters. The minimum atomic E-state index is 0.585. The molecule has 1 N–H and O–H groups in total. The van der Waals surface area contributed by atoms with Crippen LogP contribution in [0.2, 0.25) is 0 Å². The average molecular weight is 249 g/mol. The maximum Gasteiger partial charge on any atom is 0.0456 e. The van der Waals surface area contributed by atoms with E-state index in [0.717, 1.165) is 0 Å². The molecule has 1 nitrogen and oxygen atoms in total. The molecule has 96 valence electrons. The Morgan fingerprint density at radius 2 is 1.68 bits per heavy atom. The van der Waals surface area contributed by atoms with E-state index in [0.29, 0.717) is 5.92 Å². The standard InChI is InChI=1S/C18H19N/c1-12(2)14-4-6-15(7-5-14)17-11-16-8-9-19-18(16)10-13(17)3/h4-12,19H,1-3H3. The first kappa shape index (κ1) is 12.0. The third-order valence-electron chi connectivity index (χ3n) is 3.79. The number of aromatic amines is 1. The SMILES string of the molecule is Cc1cc2[nH]ccc2cc1-c1ccc(C(C)C)cc1. The first-order valence-electron chi connectivity index (χ1n) is 6.83. The monoisotopic (exact) mass is 249 g/mol. The van der Waals surface area contributed by atoms with Crippen LogP contribution in [0.5, 0.6) is 0 Å². The first-order chi connectivity index (χ1) is 9.15. The molecule has 0 aliphatic rings. The van der Waals surface area contributed by atoms with Crippen molar-refractivity contribution in [3.63, 3.8) is 0 Å². The molecule has 1 aromatic heterocycles. The maximum absolute atomic E-state index is 3.26. The molecule has 0 spiro atoms. The van der Waals surface area contributed by atoms with E-state index < -0.39 is 0 Å². The second kappa shape index (κ2) is 4.58. The molecule has 0 unspecified atom stereocenters. The molecule has 0 aliphatic carbocycles. The van der Waals surface area contributed by atoms with Crippen LogP contribution >= 0.6 is 0 Å². The van der Waals surface area contributed by atoms with Crippen molar-refractivity contribution in [1.82, 2.24) is 4.98 Å². The lowest BCUT2D eigenvalue weighted by Crippen LogP contribution is -1.88. The highest BCUT2D eigenvalue weighted by atomic mass is 14.7. The van der Waals surface area contributed by atoms with Crippen LogP contribution in [0.1, 0.15) is 30.9 Å². The summed E-state index contributed by atoms with van der Waals surface area (Å²) in [6.45, 7) is 6.63. The van der Waals surface area contributed by atoms with Crippen molar-refractivity contribution in [3.8, 4) is 11.1 Å². The maximum atomic E-state index is 3.26. The molecule has 3 rings (SSSR count). The van der Waals surface area contributed by atoms with E-state index in [1.165, 1.54) is 33.2 Å². The average Bonchev–Trinajstić information content (AvgIpc) is 2.85. The quantitative estimate of drug-likeness (QED) is 0.637. The molecular weight excluding hydrogens is 230 g/mol. The molecule has 0 saturated heterocycles. The predicted octanol–water partition coefficient (Wildman–Crippen LogP) is 5.27. The summed E-state index contributed by atoms with van der Waals surface area (Å²) in [7, 11) is 0. The number of aromatic nitrogens is 1.